The molecule has 5 rings (SSSR count). The van der Waals surface area contributed by atoms with Gasteiger partial charge in [0.2, 0.25) is 0 Å². The number of aldehydes is 1. The number of benzene rings is 3. The summed E-state index contributed by atoms with van der Waals surface area (Å²) in [7, 11) is -5.99. The number of hydrogen-bond acceptors (Lipinski definition) is 9. The lowest BCUT2D eigenvalue weighted by Gasteiger charge is -2.19. The average molecular weight is 703 g/mol. The van der Waals surface area contributed by atoms with Gasteiger partial charge in [-0.15, -0.1) is 11.3 Å². The second kappa shape index (κ2) is 13.3. The van der Waals surface area contributed by atoms with E-state index in [0.29, 0.717) is 36.3 Å². The summed E-state index contributed by atoms with van der Waals surface area (Å²) in [6.07, 6.45) is 0.348. The molecule has 2 amide bonds. The van der Waals surface area contributed by atoms with Crippen LogP contribution in [0, 0.1) is 0 Å². The number of nitrogens with one attached hydrogen (secondary N) is 2. The van der Waals surface area contributed by atoms with Gasteiger partial charge in [0.15, 0.2) is 6.29 Å². The number of thiophene rings is 1. The van der Waals surface area contributed by atoms with Crippen molar-refractivity contribution in [2.75, 3.05) is 11.9 Å². The standard InChI is InChI=1S/C33H29F3N2O8S2/c1-32(2,3)45-31(41)37-17-19-4-6-22(7-5-19)38-30(40)26-15-27-28(44-12-10-20-11-13-47-29(20)27)16-25(26)24-9-8-23(14-21(24)18-39)46-48(42,43)33(34,35)36/h4-9,11,13-16,18H,10,12,17H2,1-3H3,(H,37,41)(H,38,40). The molecular formula is C33H29F3N2O8S2. The number of carbonyl (C=O) groups excluding carboxylic acids is 3. The van der Waals surface area contributed by atoms with Crippen LogP contribution >= 0.6 is 11.3 Å². The summed E-state index contributed by atoms with van der Waals surface area (Å²) in [5.41, 5.74) is -3.33. The summed E-state index contributed by atoms with van der Waals surface area (Å²) in [5, 5.41) is 7.40. The summed E-state index contributed by atoms with van der Waals surface area (Å²) in [5.74, 6) is -0.896. The number of halogens is 3. The normalized spacial score (nSPS) is 12.9. The molecule has 0 saturated heterocycles. The van der Waals surface area contributed by atoms with Crippen molar-refractivity contribution in [2.45, 2.75) is 44.8 Å². The van der Waals surface area contributed by atoms with Crippen LogP contribution in [0.5, 0.6) is 11.5 Å². The molecule has 3 aromatic carbocycles. The molecule has 1 aliphatic heterocycles. The molecule has 0 radical (unpaired) electrons. The van der Waals surface area contributed by atoms with Crippen LogP contribution in [0.15, 0.2) is 66.0 Å². The lowest BCUT2D eigenvalue weighted by atomic mass is 9.92. The van der Waals surface area contributed by atoms with E-state index in [-0.39, 0.29) is 28.8 Å². The van der Waals surface area contributed by atoms with Crippen molar-refractivity contribution in [2.24, 2.45) is 0 Å². The molecule has 1 aromatic heterocycles. The molecule has 0 bridgehead atoms. The van der Waals surface area contributed by atoms with Gasteiger partial charge in [-0.25, -0.2) is 4.79 Å². The number of alkyl halides is 3. The molecule has 48 heavy (non-hydrogen) atoms. The summed E-state index contributed by atoms with van der Waals surface area (Å²) in [6, 6.07) is 14.8. The first-order chi connectivity index (χ1) is 22.5. The summed E-state index contributed by atoms with van der Waals surface area (Å²) >= 11 is 1.46. The Balaban J connectivity index is 1.49. The predicted molar refractivity (Wildman–Crippen MR) is 173 cm³/mol. The van der Waals surface area contributed by atoms with Crippen molar-refractivity contribution in [3.05, 3.63) is 88.3 Å². The van der Waals surface area contributed by atoms with Crippen LogP contribution in [-0.2, 0) is 27.8 Å². The Morgan fingerprint density at radius 3 is 2.38 bits per heavy atom. The number of carbonyl (C=O) groups is 3. The highest BCUT2D eigenvalue weighted by Gasteiger charge is 2.48. The zero-order valence-electron chi connectivity index (χ0n) is 25.8. The third-order valence-electron chi connectivity index (χ3n) is 6.96. The summed E-state index contributed by atoms with van der Waals surface area (Å²) in [6.45, 7) is 5.76. The zero-order chi connectivity index (χ0) is 34.9. The van der Waals surface area contributed by atoms with Crippen molar-refractivity contribution in [3.63, 3.8) is 0 Å². The molecule has 0 fully saturated rings. The van der Waals surface area contributed by atoms with Crippen LogP contribution in [-0.4, -0.2) is 44.4 Å². The lowest BCUT2D eigenvalue weighted by Crippen LogP contribution is -2.32. The van der Waals surface area contributed by atoms with Crippen LogP contribution in [0.1, 0.15) is 52.6 Å². The Bertz CT molecular complexity index is 1980. The third-order valence-corrected chi connectivity index (χ3v) is 8.93. The highest BCUT2D eigenvalue weighted by Crippen LogP contribution is 2.43. The van der Waals surface area contributed by atoms with Crippen molar-refractivity contribution < 1.29 is 49.6 Å². The number of amides is 2. The van der Waals surface area contributed by atoms with Gasteiger partial charge in [-0.05, 0) is 96.9 Å². The Kier molecular flexibility index (Phi) is 9.55. The van der Waals surface area contributed by atoms with Crippen molar-refractivity contribution in [1.82, 2.24) is 5.32 Å². The van der Waals surface area contributed by atoms with Gasteiger partial charge < -0.3 is 24.3 Å². The van der Waals surface area contributed by atoms with Crippen molar-refractivity contribution in [3.8, 4) is 33.1 Å². The van der Waals surface area contributed by atoms with E-state index in [1.807, 2.05) is 11.4 Å². The van der Waals surface area contributed by atoms with Crippen LogP contribution in [0.2, 0.25) is 0 Å². The van der Waals surface area contributed by atoms with E-state index < -0.39 is 39.0 Å². The lowest BCUT2D eigenvalue weighted by molar-refractivity contribution is -0.0500. The largest absolute Gasteiger partial charge is 0.534 e. The monoisotopic (exact) mass is 702 g/mol. The van der Waals surface area contributed by atoms with E-state index in [2.05, 4.69) is 14.8 Å². The molecular weight excluding hydrogens is 673 g/mol. The van der Waals surface area contributed by atoms with Gasteiger partial charge in [0.25, 0.3) is 5.91 Å². The van der Waals surface area contributed by atoms with Crippen molar-refractivity contribution in [1.29, 1.82) is 0 Å². The van der Waals surface area contributed by atoms with Gasteiger partial charge in [0, 0.05) is 40.2 Å². The van der Waals surface area contributed by atoms with Crippen LogP contribution in [0.4, 0.5) is 23.7 Å². The van der Waals surface area contributed by atoms with Crippen LogP contribution in [0.3, 0.4) is 0 Å². The quantitative estimate of drug-likeness (QED) is 0.111. The molecule has 2 heterocycles. The van der Waals surface area contributed by atoms with Crippen LogP contribution in [0.25, 0.3) is 21.6 Å². The van der Waals surface area contributed by atoms with E-state index >= 15 is 0 Å². The van der Waals surface area contributed by atoms with E-state index in [1.54, 1.807) is 57.2 Å². The maximum Gasteiger partial charge on any atom is 0.534 e. The SMILES string of the molecule is CC(C)(C)OC(=O)NCc1ccc(NC(=O)c2cc3c(cc2-c2ccc(OS(=O)(=O)C(F)(F)F)cc2C=O)OCCc2ccsc2-3)cc1. The maximum atomic E-state index is 13.9. The molecule has 10 nitrogen and oxygen atoms in total. The Morgan fingerprint density at radius 2 is 1.71 bits per heavy atom. The molecule has 0 spiro atoms. The number of ether oxygens (including phenoxy) is 2. The number of alkyl carbamates (subject to hydrolysis) is 1. The van der Waals surface area contributed by atoms with Gasteiger partial charge >= 0.3 is 21.7 Å². The first-order valence-corrected chi connectivity index (χ1v) is 16.7. The molecule has 1 aliphatic rings. The first kappa shape index (κ1) is 34.4. The Labute approximate surface area is 278 Å². The third kappa shape index (κ3) is 7.80. The van der Waals surface area contributed by atoms with Gasteiger partial charge in [-0.2, -0.15) is 21.6 Å². The Morgan fingerprint density at radius 1 is 0.979 bits per heavy atom. The molecule has 2 N–H and O–H groups in total. The molecule has 0 unspecified atom stereocenters. The fourth-order valence-corrected chi connectivity index (χ4v) is 6.26. The molecule has 4 aromatic rings. The second-order valence-corrected chi connectivity index (χ2v) is 14.1. The van der Waals surface area contributed by atoms with E-state index in [9.17, 15) is 36.0 Å². The molecule has 15 heteroatoms. The highest BCUT2D eigenvalue weighted by molar-refractivity contribution is 7.88. The maximum absolute atomic E-state index is 13.9. The van der Waals surface area contributed by atoms with Gasteiger partial charge in [-0.3, -0.25) is 9.59 Å². The Hall–Kier alpha value is -4.89. The fourth-order valence-electron chi connectivity index (χ4n) is 4.83. The topological polar surface area (TPSA) is 137 Å². The van der Waals surface area contributed by atoms with Gasteiger partial charge in [-0.1, -0.05) is 12.1 Å². The van der Waals surface area contributed by atoms with E-state index in [4.69, 9.17) is 9.47 Å². The number of anilines is 1. The van der Waals surface area contributed by atoms with E-state index in [1.165, 1.54) is 17.4 Å². The smallest absolute Gasteiger partial charge is 0.493 e. The minimum atomic E-state index is -5.99. The molecule has 252 valence electrons. The molecule has 0 atom stereocenters. The predicted octanol–water partition coefficient (Wildman–Crippen LogP) is 7.33. The molecule has 0 aliphatic carbocycles. The highest BCUT2D eigenvalue weighted by atomic mass is 32.2. The first-order valence-electron chi connectivity index (χ1n) is 14.4. The van der Waals surface area contributed by atoms with Crippen LogP contribution < -0.4 is 19.6 Å². The minimum absolute atomic E-state index is 0.106. The van der Waals surface area contributed by atoms with Crippen molar-refractivity contribution >= 4 is 45.4 Å². The average Bonchev–Trinajstić information content (AvgIpc) is 3.40. The summed E-state index contributed by atoms with van der Waals surface area (Å²) < 4.78 is 77.4. The summed E-state index contributed by atoms with van der Waals surface area (Å²) in [4.78, 5) is 38.9. The minimum Gasteiger partial charge on any atom is -0.493 e. The zero-order valence-corrected chi connectivity index (χ0v) is 27.4. The second-order valence-electron chi connectivity index (χ2n) is 11.6. The fraction of sp³-hybridized carbons (Fsp3) is 0.242. The number of rotatable bonds is 8. The number of hydrogen-bond donors (Lipinski definition) is 2. The van der Waals surface area contributed by atoms with Gasteiger partial charge in [0.05, 0.1) is 6.61 Å². The van der Waals surface area contributed by atoms with Gasteiger partial charge in [0.1, 0.15) is 17.1 Å². The number of fused-ring (bicyclic) bond motifs is 3. The molecule has 0 saturated carbocycles. The van der Waals surface area contributed by atoms with E-state index in [0.717, 1.165) is 28.1 Å².